The number of phenols is 1. The van der Waals surface area contributed by atoms with Crippen LogP contribution in [-0.4, -0.2) is 26.9 Å². The number of benzene rings is 3. The second-order valence-electron chi connectivity index (χ2n) is 5.35. The first-order valence-electron chi connectivity index (χ1n) is 7.00. The number of hydrogen-bond acceptors (Lipinski definition) is 4. The van der Waals surface area contributed by atoms with E-state index in [2.05, 4.69) is 0 Å². The van der Waals surface area contributed by atoms with Crippen molar-refractivity contribution in [3.05, 3.63) is 54.6 Å². The van der Waals surface area contributed by atoms with E-state index in [1.807, 2.05) is 18.2 Å². The van der Waals surface area contributed by atoms with Gasteiger partial charge in [-0.25, -0.2) is 8.42 Å². The number of aromatic hydroxyl groups is 1. The minimum atomic E-state index is -3.23. The van der Waals surface area contributed by atoms with Gasteiger partial charge in [-0.2, -0.15) is 0 Å². The van der Waals surface area contributed by atoms with Gasteiger partial charge in [0.1, 0.15) is 11.5 Å². The molecule has 0 saturated carbocycles. The molecule has 0 radical (unpaired) electrons. The molecule has 0 amide bonds. The van der Waals surface area contributed by atoms with E-state index in [1.54, 1.807) is 43.5 Å². The fourth-order valence-corrected chi connectivity index (χ4v) is 3.16. The van der Waals surface area contributed by atoms with Crippen LogP contribution in [0.1, 0.15) is 0 Å². The Bertz CT molecular complexity index is 974. The van der Waals surface area contributed by atoms with Crippen molar-refractivity contribution in [3.8, 4) is 22.6 Å². The largest absolute Gasteiger partial charge is 0.507 e. The first kappa shape index (κ1) is 15.4. The number of methoxy groups -OCH3 is 1. The standard InChI is InChI=1S/C18H16O4S/c1-22-14-6-10-17-13(11-14)5-9-16(18(17)19)12-3-7-15(8-4-12)23(2,20)21/h3-11,19H,1-2H3. The van der Waals surface area contributed by atoms with Crippen LogP contribution in [0.4, 0.5) is 0 Å². The zero-order chi connectivity index (χ0) is 16.6. The van der Waals surface area contributed by atoms with Crippen molar-refractivity contribution in [1.29, 1.82) is 0 Å². The van der Waals surface area contributed by atoms with Gasteiger partial charge in [0.2, 0.25) is 0 Å². The summed E-state index contributed by atoms with van der Waals surface area (Å²) in [6.07, 6.45) is 1.17. The smallest absolute Gasteiger partial charge is 0.175 e. The van der Waals surface area contributed by atoms with Crippen LogP contribution in [0.25, 0.3) is 21.9 Å². The Hall–Kier alpha value is -2.53. The van der Waals surface area contributed by atoms with E-state index in [1.165, 1.54) is 6.26 Å². The Morgan fingerprint density at radius 3 is 2.26 bits per heavy atom. The van der Waals surface area contributed by atoms with Crippen molar-refractivity contribution in [2.24, 2.45) is 0 Å². The molecule has 3 aromatic rings. The van der Waals surface area contributed by atoms with E-state index in [-0.39, 0.29) is 10.6 Å². The molecule has 118 valence electrons. The Morgan fingerprint density at radius 1 is 0.957 bits per heavy atom. The van der Waals surface area contributed by atoms with Crippen LogP contribution in [0.2, 0.25) is 0 Å². The molecule has 0 heterocycles. The van der Waals surface area contributed by atoms with Gasteiger partial charge in [0, 0.05) is 17.2 Å². The minimum absolute atomic E-state index is 0.164. The molecule has 0 aliphatic carbocycles. The molecule has 0 saturated heterocycles. The Morgan fingerprint density at radius 2 is 1.65 bits per heavy atom. The third-order valence-electron chi connectivity index (χ3n) is 3.79. The van der Waals surface area contributed by atoms with Gasteiger partial charge < -0.3 is 9.84 Å². The van der Waals surface area contributed by atoms with Crippen LogP contribution in [-0.2, 0) is 9.84 Å². The van der Waals surface area contributed by atoms with Gasteiger partial charge in [-0.05, 0) is 41.3 Å². The fourth-order valence-electron chi connectivity index (χ4n) is 2.53. The lowest BCUT2D eigenvalue weighted by atomic mass is 9.99. The van der Waals surface area contributed by atoms with Crippen molar-refractivity contribution in [1.82, 2.24) is 0 Å². The average Bonchev–Trinajstić information content (AvgIpc) is 2.54. The number of fused-ring (bicyclic) bond motifs is 1. The fraction of sp³-hybridized carbons (Fsp3) is 0.111. The lowest BCUT2D eigenvalue weighted by Gasteiger charge is -2.10. The van der Waals surface area contributed by atoms with E-state index >= 15 is 0 Å². The maximum absolute atomic E-state index is 11.5. The Balaban J connectivity index is 2.11. The zero-order valence-electron chi connectivity index (χ0n) is 12.8. The zero-order valence-corrected chi connectivity index (χ0v) is 13.6. The van der Waals surface area contributed by atoms with Crippen LogP contribution < -0.4 is 4.74 Å². The second-order valence-corrected chi connectivity index (χ2v) is 7.36. The molecular weight excluding hydrogens is 312 g/mol. The topological polar surface area (TPSA) is 63.6 Å². The maximum Gasteiger partial charge on any atom is 0.175 e. The lowest BCUT2D eigenvalue weighted by molar-refractivity contribution is 0.415. The van der Waals surface area contributed by atoms with Crippen molar-refractivity contribution >= 4 is 20.6 Å². The molecule has 0 unspecified atom stereocenters. The summed E-state index contributed by atoms with van der Waals surface area (Å²) in [5.41, 5.74) is 1.41. The number of rotatable bonds is 3. The summed E-state index contributed by atoms with van der Waals surface area (Å²) >= 11 is 0. The summed E-state index contributed by atoms with van der Waals surface area (Å²) in [5.74, 6) is 0.888. The predicted molar refractivity (Wildman–Crippen MR) is 90.7 cm³/mol. The molecule has 0 fully saturated rings. The van der Waals surface area contributed by atoms with Crippen LogP contribution in [0, 0.1) is 0 Å². The van der Waals surface area contributed by atoms with Gasteiger partial charge in [-0.1, -0.05) is 24.3 Å². The monoisotopic (exact) mass is 328 g/mol. The van der Waals surface area contributed by atoms with Crippen molar-refractivity contribution in [2.45, 2.75) is 4.90 Å². The van der Waals surface area contributed by atoms with Gasteiger partial charge in [0.25, 0.3) is 0 Å². The average molecular weight is 328 g/mol. The SMILES string of the molecule is COc1ccc2c(O)c(-c3ccc(S(C)(=O)=O)cc3)ccc2c1. The molecule has 0 spiro atoms. The molecule has 5 heteroatoms. The highest BCUT2D eigenvalue weighted by molar-refractivity contribution is 7.90. The molecule has 0 atom stereocenters. The third kappa shape index (κ3) is 2.87. The maximum atomic E-state index is 11.5. The number of phenolic OH excluding ortho intramolecular Hbond substituents is 1. The normalized spacial score (nSPS) is 11.6. The minimum Gasteiger partial charge on any atom is -0.507 e. The molecule has 1 N–H and O–H groups in total. The summed E-state index contributed by atoms with van der Waals surface area (Å²) < 4.78 is 28.2. The van der Waals surface area contributed by atoms with E-state index in [0.717, 1.165) is 22.1 Å². The molecule has 0 bridgehead atoms. The summed E-state index contributed by atoms with van der Waals surface area (Å²) in [4.78, 5) is 0.256. The molecule has 0 aliphatic rings. The van der Waals surface area contributed by atoms with E-state index in [4.69, 9.17) is 4.74 Å². The van der Waals surface area contributed by atoms with Crippen LogP contribution in [0.3, 0.4) is 0 Å². The van der Waals surface area contributed by atoms with Crippen LogP contribution in [0.15, 0.2) is 59.5 Å². The van der Waals surface area contributed by atoms with Crippen molar-refractivity contribution in [2.75, 3.05) is 13.4 Å². The number of ether oxygens (including phenoxy) is 1. The molecule has 0 aromatic heterocycles. The van der Waals surface area contributed by atoms with Gasteiger partial charge in [0.05, 0.1) is 12.0 Å². The van der Waals surface area contributed by atoms with Crippen molar-refractivity contribution < 1.29 is 18.3 Å². The van der Waals surface area contributed by atoms with E-state index in [9.17, 15) is 13.5 Å². The molecule has 23 heavy (non-hydrogen) atoms. The van der Waals surface area contributed by atoms with Crippen molar-refractivity contribution in [3.63, 3.8) is 0 Å². The second kappa shape index (κ2) is 5.59. The van der Waals surface area contributed by atoms with Crippen LogP contribution in [0.5, 0.6) is 11.5 Å². The summed E-state index contributed by atoms with van der Waals surface area (Å²) in [6, 6.07) is 15.6. The lowest BCUT2D eigenvalue weighted by Crippen LogP contribution is -1.96. The summed E-state index contributed by atoms with van der Waals surface area (Å²) in [5, 5.41) is 12.1. The highest BCUT2D eigenvalue weighted by Gasteiger charge is 2.11. The molecule has 4 nitrogen and oxygen atoms in total. The van der Waals surface area contributed by atoms with Gasteiger partial charge in [0.15, 0.2) is 9.84 Å². The third-order valence-corrected chi connectivity index (χ3v) is 4.92. The quantitative estimate of drug-likeness (QED) is 0.797. The first-order chi connectivity index (χ1) is 10.9. The van der Waals surface area contributed by atoms with E-state index in [0.29, 0.717) is 5.56 Å². The molecule has 3 rings (SSSR count). The van der Waals surface area contributed by atoms with Gasteiger partial charge in [-0.3, -0.25) is 0 Å². The highest BCUT2D eigenvalue weighted by atomic mass is 32.2. The molecule has 3 aromatic carbocycles. The molecule has 0 aliphatic heterocycles. The van der Waals surface area contributed by atoms with Gasteiger partial charge in [-0.15, -0.1) is 0 Å². The number of sulfone groups is 1. The highest BCUT2D eigenvalue weighted by Crippen LogP contribution is 2.37. The number of hydrogen-bond donors (Lipinski definition) is 1. The Kier molecular flexibility index (Phi) is 3.74. The first-order valence-corrected chi connectivity index (χ1v) is 8.89. The van der Waals surface area contributed by atoms with E-state index < -0.39 is 9.84 Å². The van der Waals surface area contributed by atoms with Crippen LogP contribution >= 0.6 is 0 Å². The Labute approximate surface area is 134 Å². The predicted octanol–water partition coefficient (Wildman–Crippen LogP) is 3.62. The summed E-state index contributed by atoms with van der Waals surface area (Å²) in [7, 11) is -1.63. The summed E-state index contributed by atoms with van der Waals surface area (Å²) in [6.45, 7) is 0. The van der Waals surface area contributed by atoms with Gasteiger partial charge >= 0.3 is 0 Å². The molecular formula is C18H16O4S.